The summed E-state index contributed by atoms with van der Waals surface area (Å²) in [6.45, 7) is 3.80. The molecule has 29 nitrogen and oxygen atoms in total. The zero-order valence-electron chi connectivity index (χ0n) is 59.2. The highest BCUT2D eigenvalue weighted by Crippen LogP contribution is 2.44. The molecule has 4 saturated heterocycles. The molecule has 3 aliphatic carbocycles. The monoisotopic (exact) mass is 1510 g/mol. The van der Waals surface area contributed by atoms with Crippen molar-refractivity contribution in [2.24, 2.45) is 23.7 Å². The smallest absolute Gasteiger partial charge is 0.338 e. The van der Waals surface area contributed by atoms with Gasteiger partial charge in [0.1, 0.15) is 90.4 Å². The van der Waals surface area contributed by atoms with Crippen LogP contribution in [-0.4, -0.2) is 254 Å². The normalized spacial score (nSPS) is 33.8. The molecule has 586 valence electrons. The number of aromatic nitrogens is 6. The maximum atomic E-state index is 14.9. The third-order valence-corrected chi connectivity index (χ3v) is 22.1. The topological polar surface area (TPSA) is 401 Å². The number of hydrogen-bond donors (Lipinski definition) is 10. The number of benzene rings is 3. The van der Waals surface area contributed by atoms with Gasteiger partial charge < -0.3 is 94.1 Å². The minimum Gasteiger partial charge on any atom is -0.450 e. The summed E-state index contributed by atoms with van der Waals surface area (Å²) in [4.78, 5) is 59.8. The molecular formula is C73H93F5N8O21. The van der Waals surface area contributed by atoms with Crippen LogP contribution in [0.5, 0.6) is 0 Å². The number of aryl methyl sites for hydroxylation is 1. The van der Waals surface area contributed by atoms with E-state index in [0.29, 0.717) is 31.6 Å². The van der Waals surface area contributed by atoms with Crippen LogP contribution in [0.4, 0.5) is 22.0 Å². The van der Waals surface area contributed by atoms with Gasteiger partial charge in [-0.05, 0) is 113 Å². The number of hydrogen-bond acceptors (Lipinski definition) is 25. The third kappa shape index (κ3) is 17.6. The van der Waals surface area contributed by atoms with Crippen molar-refractivity contribution in [1.82, 2.24) is 40.2 Å². The summed E-state index contributed by atoms with van der Waals surface area (Å²) in [7, 11) is 0. The lowest BCUT2D eigenvalue weighted by Gasteiger charge is -2.49. The Bertz CT molecular complexity index is 3820. The molecule has 34 heteroatoms. The molecule has 2 amide bonds. The van der Waals surface area contributed by atoms with Crippen LogP contribution in [0.3, 0.4) is 0 Å². The highest BCUT2D eigenvalue weighted by Gasteiger charge is 2.56. The number of nitrogens with zero attached hydrogens (tertiary/aromatic N) is 7. The van der Waals surface area contributed by atoms with E-state index in [1.807, 2.05) is 6.92 Å². The molecule has 7 aliphatic rings. The Morgan fingerprint density at radius 1 is 0.636 bits per heavy atom. The fourth-order valence-electron chi connectivity index (χ4n) is 15.8. The first-order valence-corrected chi connectivity index (χ1v) is 36.7. The lowest BCUT2D eigenvalue weighted by atomic mass is 9.74. The van der Waals surface area contributed by atoms with E-state index >= 15 is 0 Å². The van der Waals surface area contributed by atoms with Crippen molar-refractivity contribution in [1.29, 1.82) is 0 Å². The minimum atomic E-state index is -1.89. The van der Waals surface area contributed by atoms with Crippen LogP contribution in [0.15, 0.2) is 67.0 Å². The second-order valence-electron chi connectivity index (χ2n) is 29.2. The lowest BCUT2D eigenvalue weighted by Crippen LogP contribution is -2.64. The fraction of sp³-hybridized carbons (Fsp3) is 0.644. The van der Waals surface area contributed by atoms with Crippen molar-refractivity contribution >= 4 is 23.6 Å². The molecule has 0 spiro atoms. The van der Waals surface area contributed by atoms with Gasteiger partial charge in [-0.15, -0.1) is 10.2 Å². The number of ketones is 1. The SMILES string of the molecule is CC[C@@H]1CC(C(=O)CCCNC(=O)[C@H]2CC(n3cc(-c4cc(F)c(F)c(F)c4)nn3)C(O)[C@H](O[C@@H]3OC(CO)[C@H](O)[C@@H](n4cc(-c5cc(C)c(F)c(F)c5)nn4)C3O)C2)C[C@@H](O[C@@H]2O[C@@H](CO)[C@H](O)C(O[C@@H](CC3CCCCC3)C(=O)N3CCC3)C2OC(=O)c2ccccc2)C1O[C@@H]1OC(C)[C@@H](O)[C@H](O)C1O. The van der Waals surface area contributed by atoms with Gasteiger partial charge in [0.05, 0.1) is 61.6 Å². The van der Waals surface area contributed by atoms with Crippen molar-refractivity contribution in [2.45, 2.75) is 239 Å². The predicted molar refractivity (Wildman–Crippen MR) is 359 cm³/mol. The minimum absolute atomic E-state index is 0.000553. The summed E-state index contributed by atoms with van der Waals surface area (Å²) in [5, 5.41) is 121. The molecule has 0 radical (unpaired) electrons. The van der Waals surface area contributed by atoms with Gasteiger partial charge in [0, 0.05) is 49.0 Å². The van der Waals surface area contributed by atoms with E-state index in [2.05, 4.69) is 25.9 Å². The fourth-order valence-corrected chi connectivity index (χ4v) is 15.8. The number of nitrogens with one attached hydrogen (secondary N) is 1. The molecule has 24 atom stereocenters. The molecule has 12 rings (SSSR count). The Balaban J connectivity index is 0.782. The Morgan fingerprint density at radius 2 is 1.25 bits per heavy atom. The molecule has 6 heterocycles. The van der Waals surface area contributed by atoms with Crippen molar-refractivity contribution in [2.75, 3.05) is 32.8 Å². The van der Waals surface area contributed by atoms with Crippen LogP contribution in [-0.2, 0) is 52.3 Å². The predicted octanol–water partition coefficient (Wildman–Crippen LogP) is 3.34. The molecule has 4 aliphatic heterocycles. The summed E-state index contributed by atoms with van der Waals surface area (Å²) in [6.07, 6.45) is -21.6. The van der Waals surface area contributed by atoms with E-state index in [1.54, 1.807) is 23.1 Å². The van der Waals surface area contributed by atoms with Crippen molar-refractivity contribution in [3.05, 3.63) is 107 Å². The third-order valence-electron chi connectivity index (χ3n) is 22.1. The molecule has 5 aromatic rings. The van der Waals surface area contributed by atoms with Crippen molar-refractivity contribution in [3.63, 3.8) is 0 Å². The van der Waals surface area contributed by atoms with E-state index < -0.39 is 201 Å². The summed E-state index contributed by atoms with van der Waals surface area (Å²) in [5.41, 5.74) is -0.273. The van der Waals surface area contributed by atoms with Gasteiger partial charge in [-0.2, -0.15) is 0 Å². The van der Waals surface area contributed by atoms with Crippen LogP contribution in [0.1, 0.15) is 132 Å². The van der Waals surface area contributed by atoms with Gasteiger partial charge in [0.25, 0.3) is 5.91 Å². The van der Waals surface area contributed by atoms with E-state index in [-0.39, 0.29) is 103 Å². The van der Waals surface area contributed by atoms with E-state index in [9.17, 15) is 87.1 Å². The van der Waals surface area contributed by atoms with Crippen LogP contribution in [0.25, 0.3) is 22.5 Å². The Morgan fingerprint density at radius 3 is 1.91 bits per heavy atom. The zero-order chi connectivity index (χ0) is 76.2. The summed E-state index contributed by atoms with van der Waals surface area (Å²) >= 11 is 0. The number of amides is 2. The molecular weight excluding hydrogens is 1420 g/mol. The van der Waals surface area contributed by atoms with Gasteiger partial charge in [0.15, 0.2) is 54.1 Å². The maximum Gasteiger partial charge on any atom is 0.338 e. The quantitative estimate of drug-likeness (QED) is 0.0164. The highest BCUT2D eigenvalue weighted by atomic mass is 19.2. The molecule has 10 N–H and O–H groups in total. The highest BCUT2D eigenvalue weighted by molar-refractivity contribution is 5.89. The van der Waals surface area contributed by atoms with Crippen molar-refractivity contribution in [3.8, 4) is 22.5 Å². The van der Waals surface area contributed by atoms with E-state index in [1.165, 1.54) is 44.4 Å². The molecule has 107 heavy (non-hydrogen) atoms. The van der Waals surface area contributed by atoms with Gasteiger partial charge in [0.2, 0.25) is 5.91 Å². The number of carbonyl (C=O) groups excluding carboxylic acids is 4. The Hall–Kier alpha value is -6.97. The molecule has 0 bridgehead atoms. The number of rotatable bonds is 26. The van der Waals surface area contributed by atoms with Crippen LogP contribution in [0, 0.1) is 59.7 Å². The number of esters is 1. The first kappa shape index (κ1) is 79.6. The second-order valence-corrected chi connectivity index (χ2v) is 29.2. The van der Waals surface area contributed by atoms with Crippen LogP contribution < -0.4 is 5.32 Å². The average molecular weight is 1510 g/mol. The second kappa shape index (κ2) is 34.9. The van der Waals surface area contributed by atoms with Crippen LogP contribution >= 0.6 is 0 Å². The summed E-state index contributed by atoms with van der Waals surface area (Å²) in [6, 6.07) is 8.69. The van der Waals surface area contributed by atoms with Crippen LogP contribution in [0.2, 0.25) is 0 Å². The maximum absolute atomic E-state index is 14.9. The molecule has 3 saturated carbocycles. The molecule has 10 unspecified atom stereocenters. The van der Waals surface area contributed by atoms with Gasteiger partial charge in [-0.25, -0.2) is 36.1 Å². The van der Waals surface area contributed by atoms with Gasteiger partial charge >= 0.3 is 5.97 Å². The van der Waals surface area contributed by atoms with E-state index in [4.69, 9.17) is 37.9 Å². The lowest BCUT2D eigenvalue weighted by molar-refractivity contribution is -0.349. The molecule has 7 fully saturated rings. The van der Waals surface area contributed by atoms with Gasteiger partial charge in [-0.3, -0.25) is 14.4 Å². The van der Waals surface area contributed by atoms with Crippen molar-refractivity contribution < 1.29 is 125 Å². The Kier molecular flexibility index (Phi) is 26.0. The number of Topliss-reactive ketones (excluding diaryl/α,β-unsaturated/α-hetero) is 1. The number of aliphatic hydroxyl groups is 9. The zero-order valence-corrected chi connectivity index (χ0v) is 59.2. The van der Waals surface area contributed by atoms with E-state index in [0.717, 1.165) is 54.0 Å². The number of aliphatic hydroxyl groups excluding tert-OH is 9. The average Bonchev–Trinajstić information content (AvgIpc) is 1.20. The largest absolute Gasteiger partial charge is 0.450 e. The molecule has 2 aromatic heterocycles. The number of likely N-dealkylation sites (tertiary alicyclic amines) is 1. The summed E-state index contributed by atoms with van der Waals surface area (Å²) < 4.78 is 125. The number of carbonyl (C=O) groups is 4. The summed E-state index contributed by atoms with van der Waals surface area (Å²) in [5.74, 6) is -11.7. The number of ether oxygens (including phenoxy) is 8. The molecule has 3 aromatic carbocycles. The first-order valence-electron chi connectivity index (χ1n) is 36.7. The van der Waals surface area contributed by atoms with Gasteiger partial charge in [-0.1, -0.05) is 74.1 Å². The number of halogens is 5. The Labute approximate surface area is 612 Å². The standard InChI is InChI=1S/C73H93F5N8O21/c1-4-37-23-41(28-51(65(37)107-72-64(96)63(95)58(90)35(3)100-72)103-73-67(106-70(99)38-15-9-6-10-16-38)66(61(93)54(33-88)105-73)101-52(69(98)84-19-12-20-84)22-36-13-7-5-8-14-36)49(89)17-11-18-79-68(97)42-27-48(85-30-46(80-82-85)40-25-44(75)56(78)45(76)26-40)59(91)50(29-42)102-71-62(94)57(60(92)53(32-87)104-71)86-31-47(81-83-86)39-21-34(2)55(77)43(74)24-39/h6,9-10,15-16,21,24-26,30-31,35-37,41-42,48,50-54,57-67,71-73,87-88,90-96H,4-5,7-8,11-14,17-20,22-23,27-29,32-33H2,1-3H3,(H,79,97)/t35?,37-,41?,42+,48?,50-,51-,52+,53?,54+,57-,58-,59?,60+,61+,62?,63+,64?,65?,66?,67?,71-,72+,73-/m1/s1. The first-order chi connectivity index (χ1) is 51.3.